The maximum absolute atomic E-state index is 13.1. The van der Waals surface area contributed by atoms with Crippen molar-refractivity contribution in [2.24, 2.45) is 0 Å². The molecule has 0 radical (unpaired) electrons. The van der Waals surface area contributed by atoms with Crippen LogP contribution < -0.4 is 5.32 Å². The van der Waals surface area contributed by atoms with Crippen molar-refractivity contribution in [1.29, 1.82) is 0 Å². The monoisotopic (exact) mass is 304 g/mol. The summed E-state index contributed by atoms with van der Waals surface area (Å²) >= 11 is 0. The van der Waals surface area contributed by atoms with Crippen molar-refractivity contribution >= 4 is 0 Å². The van der Waals surface area contributed by atoms with Gasteiger partial charge in [-0.15, -0.1) is 6.42 Å². The van der Waals surface area contributed by atoms with E-state index in [0.717, 1.165) is 5.56 Å². The largest absolute Gasteiger partial charge is 0.367 e. The van der Waals surface area contributed by atoms with Crippen LogP contribution in [0.2, 0.25) is 0 Å². The number of aliphatic hydroxyl groups excluding tert-OH is 1. The summed E-state index contributed by atoms with van der Waals surface area (Å²) < 4.78 is 13.1. The predicted molar refractivity (Wildman–Crippen MR) is 86.6 cm³/mol. The first-order valence-electron chi connectivity index (χ1n) is 7.97. The van der Waals surface area contributed by atoms with E-state index in [1.807, 2.05) is 0 Å². The maximum Gasteiger partial charge on any atom is 0.170 e. The molecule has 4 heteroatoms. The molecule has 0 saturated heterocycles. The quantitative estimate of drug-likeness (QED) is 0.626. The third kappa shape index (κ3) is 4.54. The maximum atomic E-state index is 13.1. The molecular formula is C18H25FN2O. The van der Waals surface area contributed by atoms with Crippen LogP contribution in [-0.4, -0.2) is 35.9 Å². The van der Waals surface area contributed by atoms with Gasteiger partial charge in [0.15, 0.2) is 6.23 Å². The second-order valence-electron chi connectivity index (χ2n) is 6.02. The van der Waals surface area contributed by atoms with Crippen LogP contribution in [-0.2, 0) is 0 Å². The van der Waals surface area contributed by atoms with Gasteiger partial charge >= 0.3 is 0 Å². The average molecular weight is 304 g/mol. The number of rotatable bonds is 6. The lowest BCUT2D eigenvalue weighted by atomic mass is 9.95. The number of likely N-dealkylation sites (N-methyl/N-ethyl adjacent to an activating group) is 1. The molecule has 22 heavy (non-hydrogen) atoms. The highest BCUT2D eigenvalue weighted by atomic mass is 19.1. The smallest absolute Gasteiger partial charge is 0.170 e. The summed E-state index contributed by atoms with van der Waals surface area (Å²) in [5, 5.41) is 13.5. The van der Waals surface area contributed by atoms with E-state index in [1.54, 1.807) is 24.1 Å². The predicted octanol–water partition coefficient (Wildman–Crippen LogP) is 2.67. The highest BCUT2D eigenvalue weighted by Gasteiger charge is 2.23. The van der Waals surface area contributed by atoms with Gasteiger partial charge in [0.05, 0.1) is 6.04 Å². The van der Waals surface area contributed by atoms with Gasteiger partial charge in [-0.2, -0.15) is 0 Å². The van der Waals surface area contributed by atoms with Gasteiger partial charge in [-0.1, -0.05) is 37.3 Å². The molecule has 2 atom stereocenters. The lowest BCUT2D eigenvalue weighted by Gasteiger charge is -2.32. The molecule has 1 aromatic carbocycles. The van der Waals surface area contributed by atoms with Gasteiger partial charge in [0.2, 0.25) is 0 Å². The van der Waals surface area contributed by atoms with Crippen LogP contribution in [0, 0.1) is 18.2 Å². The van der Waals surface area contributed by atoms with Gasteiger partial charge in [-0.25, -0.2) is 4.39 Å². The third-order valence-electron chi connectivity index (χ3n) is 4.49. The van der Waals surface area contributed by atoms with Crippen molar-refractivity contribution in [3.05, 3.63) is 35.6 Å². The van der Waals surface area contributed by atoms with E-state index >= 15 is 0 Å². The van der Waals surface area contributed by atoms with Crippen molar-refractivity contribution in [1.82, 2.24) is 10.2 Å². The fourth-order valence-electron chi connectivity index (χ4n) is 3.05. The van der Waals surface area contributed by atoms with Crippen molar-refractivity contribution in [2.75, 3.05) is 13.6 Å². The van der Waals surface area contributed by atoms with E-state index in [0.29, 0.717) is 12.6 Å². The molecular weight excluding hydrogens is 279 g/mol. The Labute approximate surface area is 132 Å². The normalized spacial score (nSPS) is 18.9. The fraction of sp³-hybridized carbons (Fsp3) is 0.556. The van der Waals surface area contributed by atoms with Crippen LogP contribution in [0.5, 0.6) is 0 Å². The molecule has 1 saturated carbocycles. The number of nitrogens with one attached hydrogen (secondary N) is 1. The number of terminal acetylenes is 1. The molecule has 0 spiro atoms. The molecule has 1 aliphatic carbocycles. The van der Waals surface area contributed by atoms with Gasteiger partial charge in [-0.3, -0.25) is 4.90 Å². The molecule has 2 N–H and O–H groups in total. The van der Waals surface area contributed by atoms with Crippen LogP contribution in [0.15, 0.2) is 24.3 Å². The van der Waals surface area contributed by atoms with Crippen LogP contribution in [0.4, 0.5) is 4.39 Å². The third-order valence-corrected chi connectivity index (χ3v) is 4.49. The molecule has 3 nitrogen and oxygen atoms in total. The Kier molecular flexibility index (Phi) is 6.38. The van der Waals surface area contributed by atoms with E-state index in [1.165, 1.54) is 44.2 Å². The Hall–Kier alpha value is -1.41. The van der Waals surface area contributed by atoms with Crippen molar-refractivity contribution in [2.45, 2.75) is 50.4 Å². The summed E-state index contributed by atoms with van der Waals surface area (Å²) in [6.07, 6.45) is 10.6. The first-order chi connectivity index (χ1) is 10.6. The first-order valence-corrected chi connectivity index (χ1v) is 7.97. The molecule has 120 valence electrons. The topological polar surface area (TPSA) is 35.5 Å². The lowest BCUT2D eigenvalue weighted by molar-refractivity contribution is 0.0357. The molecule has 0 amide bonds. The summed E-state index contributed by atoms with van der Waals surface area (Å²) in [5.74, 6) is 2.08. The van der Waals surface area contributed by atoms with E-state index in [9.17, 15) is 9.50 Å². The molecule has 0 heterocycles. The zero-order valence-corrected chi connectivity index (χ0v) is 13.1. The zero-order chi connectivity index (χ0) is 15.9. The highest BCUT2D eigenvalue weighted by Crippen LogP contribution is 2.23. The van der Waals surface area contributed by atoms with Gasteiger partial charge in [0.25, 0.3) is 0 Å². The molecule has 1 aliphatic rings. The molecule has 2 unspecified atom stereocenters. The van der Waals surface area contributed by atoms with Crippen LogP contribution in [0.3, 0.4) is 0 Å². The minimum absolute atomic E-state index is 0.0893. The summed E-state index contributed by atoms with van der Waals surface area (Å²) in [5.41, 5.74) is 0.946. The Morgan fingerprint density at radius 2 is 1.95 bits per heavy atom. The minimum Gasteiger partial charge on any atom is -0.367 e. The minimum atomic E-state index is -0.955. The van der Waals surface area contributed by atoms with Crippen molar-refractivity contribution < 1.29 is 9.50 Å². The van der Waals surface area contributed by atoms with Crippen molar-refractivity contribution in [3.63, 3.8) is 0 Å². The molecule has 1 fully saturated rings. The number of aliphatic hydroxyl groups is 1. The highest BCUT2D eigenvalue weighted by molar-refractivity contribution is 5.21. The Morgan fingerprint density at radius 1 is 1.32 bits per heavy atom. The van der Waals surface area contributed by atoms with Crippen LogP contribution in [0.1, 0.15) is 43.7 Å². The van der Waals surface area contributed by atoms with E-state index in [-0.39, 0.29) is 11.9 Å². The number of hydrogen-bond donors (Lipinski definition) is 2. The van der Waals surface area contributed by atoms with Crippen LogP contribution in [0.25, 0.3) is 0 Å². The average Bonchev–Trinajstić information content (AvgIpc) is 2.56. The SMILES string of the molecule is C#CC(O)N(C)C(CNC1CCCCC1)c1ccc(F)cc1. The summed E-state index contributed by atoms with van der Waals surface area (Å²) in [6.45, 7) is 0.686. The summed E-state index contributed by atoms with van der Waals surface area (Å²) in [6, 6.07) is 6.82. The molecule has 1 aromatic rings. The molecule has 2 rings (SSSR count). The molecule has 0 aliphatic heterocycles. The van der Waals surface area contributed by atoms with Gasteiger partial charge in [-0.05, 0) is 37.6 Å². The second kappa shape index (κ2) is 8.28. The Balaban J connectivity index is 2.07. The summed E-state index contributed by atoms with van der Waals surface area (Å²) in [4.78, 5) is 1.74. The number of halogens is 1. The van der Waals surface area contributed by atoms with E-state index in [2.05, 4.69) is 11.2 Å². The zero-order valence-electron chi connectivity index (χ0n) is 13.1. The van der Waals surface area contributed by atoms with Gasteiger partial charge in [0.1, 0.15) is 5.82 Å². The van der Waals surface area contributed by atoms with Gasteiger partial charge in [0, 0.05) is 12.6 Å². The number of nitrogens with zero attached hydrogens (tertiary/aromatic N) is 1. The second-order valence-corrected chi connectivity index (χ2v) is 6.02. The van der Waals surface area contributed by atoms with E-state index < -0.39 is 6.23 Å². The lowest BCUT2D eigenvalue weighted by Crippen LogP contribution is -2.42. The van der Waals surface area contributed by atoms with Crippen molar-refractivity contribution in [3.8, 4) is 12.3 Å². The van der Waals surface area contributed by atoms with Crippen LogP contribution >= 0.6 is 0 Å². The Morgan fingerprint density at radius 3 is 2.55 bits per heavy atom. The standard InChI is InChI=1S/C18H25FN2O/c1-3-18(22)21(2)17(14-9-11-15(19)12-10-14)13-20-16-7-5-4-6-8-16/h1,9-12,16-18,20,22H,4-8,13H2,2H3. The molecule has 0 bridgehead atoms. The Bertz CT molecular complexity index is 491. The number of hydrogen-bond acceptors (Lipinski definition) is 3. The van der Waals surface area contributed by atoms with E-state index in [4.69, 9.17) is 6.42 Å². The fourth-order valence-corrected chi connectivity index (χ4v) is 3.05. The molecule has 0 aromatic heterocycles. The first kappa shape index (κ1) is 17.0. The summed E-state index contributed by atoms with van der Waals surface area (Å²) in [7, 11) is 1.79. The van der Waals surface area contributed by atoms with Gasteiger partial charge < -0.3 is 10.4 Å². The number of benzene rings is 1.